The van der Waals surface area contributed by atoms with Crippen molar-refractivity contribution < 1.29 is 23.4 Å². The van der Waals surface area contributed by atoms with E-state index in [-0.39, 0.29) is 24.8 Å². The lowest BCUT2D eigenvalue weighted by Crippen LogP contribution is -2.43. The zero-order valence-electron chi connectivity index (χ0n) is 17.1. The number of ether oxygens (including phenoxy) is 1. The molecule has 158 valence electrons. The maximum atomic E-state index is 14.3. The monoisotopic (exact) mass is 440 g/mol. The molecule has 3 nitrogen and oxygen atoms in total. The number of halogens is 3. The van der Waals surface area contributed by atoms with Crippen LogP contribution in [0.4, 0.5) is 8.78 Å². The Morgan fingerprint density at radius 2 is 1.90 bits per heavy atom. The topological polar surface area (TPSA) is 46.5 Å². The molecule has 0 saturated carbocycles. The van der Waals surface area contributed by atoms with E-state index in [4.69, 9.17) is 37.1 Å². The van der Waals surface area contributed by atoms with E-state index in [0.717, 1.165) is 11.1 Å². The van der Waals surface area contributed by atoms with Gasteiger partial charge in [0.25, 0.3) is 5.92 Å². The van der Waals surface area contributed by atoms with E-state index >= 15 is 0 Å². The normalized spacial score (nSPS) is 16.3. The highest BCUT2D eigenvalue weighted by molar-refractivity contribution is 6.42. The summed E-state index contributed by atoms with van der Waals surface area (Å²) < 4.78 is 34.4. The fraction of sp³-hybridized carbons (Fsp3) is 0.348. The molecule has 0 spiro atoms. The van der Waals surface area contributed by atoms with Crippen molar-refractivity contribution in [3.8, 4) is 5.75 Å². The van der Waals surface area contributed by atoms with Crippen LogP contribution in [0.15, 0.2) is 48.0 Å². The number of aryl methyl sites for hydroxylation is 2. The van der Waals surface area contributed by atoms with E-state index in [9.17, 15) is 13.6 Å². The lowest BCUT2D eigenvalue weighted by molar-refractivity contribution is -0.136. The van der Waals surface area contributed by atoms with E-state index in [1.807, 2.05) is 0 Å². The first-order valence-electron chi connectivity index (χ1n) is 9.91. The van der Waals surface area contributed by atoms with Crippen molar-refractivity contribution in [3.63, 3.8) is 0 Å². The summed E-state index contributed by atoms with van der Waals surface area (Å²) in [4.78, 5) is 10.8. The Labute approximate surface area is 188 Å². The SMILES string of the molecule is [B]C([B])(Oc1ccc(CCC(=O)O)cc1C)C1=C(c2ccc(Cl)cc2)CCC(F)(F)C1. The molecule has 1 N–H and O–H groups in total. The third-order valence-corrected chi connectivity index (χ3v) is 5.60. The number of hydrogen-bond donors (Lipinski definition) is 1. The zero-order valence-corrected chi connectivity index (χ0v) is 17.9. The van der Waals surface area contributed by atoms with Crippen LogP contribution < -0.4 is 4.74 Å². The van der Waals surface area contributed by atoms with Crippen molar-refractivity contribution in [3.05, 3.63) is 69.8 Å². The first kappa shape index (κ1) is 23.4. The second-order valence-corrected chi connectivity index (χ2v) is 8.32. The number of rotatable bonds is 7. The highest BCUT2D eigenvalue weighted by Crippen LogP contribution is 2.44. The van der Waals surface area contributed by atoms with E-state index in [1.54, 1.807) is 49.4 Å². The molecule has 1 aliphatic carbocycles. The van der Waals surface area contributed by atoms with Gasteiger partial charge in [-0.05, 0) is 65.8 Å². The molecule has 0 fully saturated rings. The minimum atomic E-state index is -2.94. The fourth-order valence-electron chi connectivity index (χ4n) is 3.73. The molecule has 3 rings (SSSR count). The molecular weight excluding hydrogens is 419 g/mol. The number of carboxylic acid groups (broad SMARTS) is 1. The number of carbonyl (C=O) groups is 1. The molecule has 0 bridgehead atoms. The standard InChI is InChI=1S/C23H21B2ClF2O3/c1-14-12-15(3-9-21(29)30)2-8-20(14)31-23(24,25)19-13-22(27,28)11-10-18(19)16-4-6-17(26)7-5-16/h2,4-8,12H,3,9-11,13H2,1H3,(H,29,30). The molecule has 2 aromatic carbocycles. The number of hydrogen-bond acceptors (Lipinski definition) is 2. The van der Waals surface area contributed by atoms with Gasteiger partial charge in [-0.25, -0.2) is 8.78 Å². The molecule has 4 radical (unpaired) electrons. The lowest BCUT2D eigenvalue weighted by Gasteiger charge is -2.38. The van der Waals surface area contributed by atoms with Gasteiger partial charge in [0.1, 0.15) is 21.4 Å². The van der Waals surface area contributed by atoms with Crippen LogP contribution in [0.5, 0.6) is 5.75 Å². The summed E-state index contributed by atoms with van der Waals surface area (Å²) in [5.74, 6) is -3.48. The van der Waals surface area contributed by atoms with Crippen molar-refractivity contribution in [2.75, 3.05) is 0 Å². The predicted octanol–water partition coefficient (Wildman–Crippen LogP) is 5.31. The summed E-state index contributed by atoms with van der Waals surface area (Å²) in [7, 11) is 12.5. The van der Waals surface area contributed by atoms with Crippen molar-refractivity contribution in [2.45, 2.75) is 50.4 Å². The molecule has 8 heteroatoms. The Kier molecular flexibility index (Phi) is 6.85. The highest BCUT2D eigenvalue weighted by Gasteiger charge is 2.41. The van der Waals surface area contributed by atoms with Crippen molar-refractivity contribution in [1.29, 1.82) is 0 Å². The van der Waals surface area contributed by atoms with E-state index < -0.39 is 23.7 Å². The Hall–Kier alpha value is -2.27. The summed E-state index contributed by atoms with van der Waals surface area (Å²) in [6, 6.07) is 12.0. The van der Waals surface area contributed by atoms with Gasteiger partial charge >= 0.3 is 5.97 Å². The van der Waals surface area contributed by atoms with Crippen LogP contribution in [0.3, 0.4) is 0 Å². The van der Waals surface area contributed by atoms with Gasteiger partial charge < -0.3 is 9.84 Å². The molecule has 0 amide bonds. The number of alkyl halides is 2. The van der Waals surface area contributed by atoms with Crippen molar-refractivity contribution >= 4 is 38.8 Å². The van der Waals surface area contributed by atoms with Gasteiger partial charge in [0.05, 0.1) is 0 Å². The van der Waals surface area contributed by atoms with Crippen molar-refractivity contribution in [1.82, 2.24) is 0 Å². The quantitative estimate of drug-likeness (QED) is 0.594. The number of benzene rings is 2. The Balaban J connectivity index is 1.93. The third kappa shape index (κ3) is 5.91. The van der Waals surface area contributed by atoms with E-state index in [2.05, 4.69) is 0 Å². The van der Waals surface area contributed by atoms with E-state index in [1.165, 1.54) is 0 Å². The van der Waals surface area contributed by atoms with Crippen LogP contribution in [0.25, 0.3) is 5.57 Å². The number of allylic oxidation sites excluding steroid dienone is 1. The van der Waals surface area contributed by atoms with Crippen LogP contribution in [0, 0.1) is 6.92 Å². The molecule has 0 atom stereocenters. The van der Waals surface area contributed by atoms with Crippen LogP contribution in [0.2, 0.25) is 5.02 Å². The Morgan fingerprint density at radius 1 is 1.23 bits per heavy atom. The maximum Gasteiger partial charge on any atom is 0.303 e. The Morgan fingerprint density at radius 3 is 2.52 bits per heavy atom. The predicted molar refractivity (Wildman–Crippen MR) is 119 cm³/mol. The summed E-state index contributed by atoms with van der Waals surface area (Å²) in [5.41, 5.74) is 2.99. The second kappa shape index (κ2) is 9.07. The molecule has 2 aromatic rings. The molecule has 0 aliphatic heterocycles. The lowest BCUT2D eigenvalue weighted by atomic mass is 9.57. The molecule has 31 heavy (non-hydrogen) atoms. The summed E-state index contributed by atoms with van der Waals surface area (Å²) in [6.45, 7) is 1.76. The average Bonchev–Trinajstić information content (AvgIpc) is 2.68. The Bertz CT molecular complexity index is 1000. The van der Waals surface area contributed by atoms with Gasteiger partial charge in [0.2, 0.25) is 0 Å². The average molecular weight is 440 g/mol. The van der Waals surface area contributed by atoms with Gasteiger partial charge in [0, 0.05) is 29.7 Å². The maximum absolute atomic E-state index is 14.3. The summed E-state index contributed by atoms with van der Waals surface area (Å²) in [5, 5.41) is 7.42. The highest BCUT2D eigenvalue weighted by atomic mass is 35.5. The molecule has 1 aliphatic rings. The van der Waals surface area contributed by atoms with Gasteiger partial charge in [-0.3, -0.25) is 4.79 Å². The molecule has 0 aromatic heterocycles. The third-order valence-electron chi connectivity index (χ3n) is 5.35. The minimum absolute atomic E-state index is 0.00375. The van der Waals surface area contributed by atoms with Crippen LogP contribution >= 0.6 is 11.6 Å². The van der Waals surface area contributed by atoms with Gasteiger partial charge in [0.15, 0.2) is 0 Å². The fourth-order valence-corrected chi connectivity index (χ4v) is 3.86. The van der Waals surface area contributed by atoms with Crippen LogP contribution in [0.1, 0.15) is 42.4 Å². The second-order valence-electron chi connectivity index (χ2n) is 7.89. The molecular formula is C23H21B2ClF2O3. The largest absolute Gasteiger partial charge is 0.503 e. The van der Waals surface area contributed by atoms with Gasteiger partial charge in [-0.2, -0.15) is 0 Å². The smallest absolute Gasteiger partial charge is 0.303 e. The van der Waals surface area contributed by atoms with Gasteiger partial charge in [-0.1, -0.05) is 35.9 Å². The summed E-state index contributed by atoms with van der Waals surface area (Å²) >= 11 is 5.96. The van der Waals surface area contributed by atoms with Gasteiger partial charge in [-0.15, -0.1) is 0 Å². The molecule has 0 heterocycles. The molecule has 0 unspecified atom stereocenters. The first-order chi connectivity index (χ1) is 14.5. The molecule has 0 saturated heterocycles. The number of carboxylic acids is 1. The zero-order chi connectivity index (χ0) is 22.8. The van der Waals surface area contributed by atoms with Crippen LogP contribution in [-0.2, 0) is 11.2 Å². The summed E-state index contributed by atoms with van der Waals surface area (Å²) in [6.07, 6.45) is -0.430. The van der Waals surface area contributed by atoms with Crippen molar-refractivity contribution in [2.24, 2.45) is 0 Å². The number of aliphatic carboxylic acids is 1. The van der Waals surface area contributed by atoms with E-state index in [0.29, 0.717) is 28.3 Å². The van der Waals surface area contributed by atoms with Crippen LogP contribution in [-0.4, -0.2) is 38.1 Å². The minimum Gasteiger partial charge on any atom is -0.503 e. The first-order valence-corrected chi connectivity index (χ1v) is 10.3.